The quantitative estimate of drug-likeness (QED) is 0.924. The summed E-state index contributed by atoms with van der Waals surface area (Å²) in [4.78, 5) is 0. The highest BCUT2D eigenvalue weighted by molar-refractivity contribution is 5.45. The predicted octanol–water partition coefficient (Wildman–Crippen LogP) is 3.26. The molecule has 3 rings (SSSR count). The molecular weight excluding hydrogens is 250 g/mol. The Hall–Kier alpha value is -1.84. The Kier molecular flexibility index (Phi) is 4.31. The molecule has 3 nitrogen and oxygen atoms in total. The highest BCUT2D eigenvalue weighted by Gasteiger charge is 2.26. The highest BCUT2D eigenvalue weighted by atomic mass is 16.6. The summed E-state index contributed by atoms with van der Waals surface area (Å²) in [5.41, 5.74) is 2.31. The van der Waals surface area contributed by atoms with Gasteiger partial charge in [-0.15, -0.1) is 0 Å². The lowest BCUT2D eigenvalue weighted by Crippen LogP contribution is -2.37. The first kappa shape index (κ1) is 13.2. The van der Waals surface area contributed by atoms with Gasteiger partial charge in [-0.1, -0.05) is 48.5 Å². The molecule has 1 N–H and O–H groups in total. The number of para-hydroxylation sites is 1. The fourth-order valence-corrected chi connectivity index (χ4v) is 2.46. The second kappa shape index (κ2) is 6.55. The second-order valence-electron chi connectivity index (χ2n) is 4.88. The number of hydrogen-bond donors (Lipinski definition) is 1. The summed E-state index contributed by atoms with van der Waals surface area (Å²) < 4.78 is 11.4. The summed E-state index contributed by atoms with van der Waals surface area (Å²) in [6.07, 6.45) is 0.0337. The first-order chi connectivity index (χ1) is 9.93. The van der Waals surface area contributed by atoms with Gasteiger partial charge >= 0.3 is 0 Å². The molecule has 0 aromatic heterocycles. The molecule has 1 saturated heterocycles. The van der Waals surface area contributed by atoms with E-state index in [2.05, 4.69) is 41.7 Å². The van der Waals surface area contributed by atoms with Crippen molar-refractivity contribution in [1.82, 2.24) is 0 Å². The smallest absolute Gasteiger partial charge is 0.105 e. The minimum absolute atomic E-state index is 0.0337. The van der Waals surface area contributed by atoms with Crippen LogP contribution in [0.1, 0.15) is 11.6 Å². The zero-order chi connectivity index (χ0) is 13.6. The van der Waals surface area contributed by atoms with E-state index in [-0.39, 0.29) is 12.1 Å². The Bertz CT molecular complexity index is 509. The molecule has 2 atom stereocenters. The monoisotopic (exact) mass is 269 g/mol. The van der Waals surface area contributed by atoms with Gasteiger partial charge in [0, 0.05) is 5.69 Å². The Labute approximate surface area is 119 Å². The molecule has 0 saturated carbocycles. The van der Waals surface area contributed by atoms with Gasteiger partial charge in [-0.2, -0.15) is 0 Å². The Balaban J connectivity index is 1.83. The molecule has 0 spiro atoms. The first-order valence-electron chi connectivity index (χ1n) is 6.99. The van der Waals surface area contributed by atoms with Crippen molar-refractivity contribution in [2.45, 2.75) is 12.1 Å². The Morgan fingerprint density at radius 3 is 2.25 bits per heavy atom. The Morgan fingerprint density at radius 2 is 1.60 bits per heavy atom. The SMILES string of the molecule is c1ccc(NC(c2ccccc2)C2COCCO2)cc1. The van der Waals surface area contributed by atoms with E-state index in [1.54, 1.807) is 0 Å². The summed E-state index contributed by atoms with van der Waals surface area (Å²) in [6, 6.07) is 20.7. The molecule has 0 amide bonds. The minimum atomic E-state index is 0.0337. The topological polar surface area (TPSA) is 30.5 Å². The molecule has 104 valence electrons. The van der Waals surface area contributed by atoms with Crippen LogP contribution in [-0.2, 0) is 9.47 Å². The summed E-state index contributed by atoms with van der Waals surface area (Å²) in [5, 5.41) is 3.56. The number of rotatable bonds is 4. The molecule has 1 aliphatic rings. The molecule has 1 aliphatic heterocycles. The van der Waals surface area contributed by atoms with E-state index >= 15 is 0 Å². The number of ether oxygens (including phenoxy) is 2. The zero-order valence-electron chi connectivity index (χ0n) is 11.4. The van der Waals surface area contributed by atoms with E-state index in [1.165, 1.54) is 5.56 Å². The second-order valence-corrected chi connectivity index (χ2v) is 4.88. The van der Waals surface area contributed by atoms with Gasteiger partial charge in [0.15, 0.2) is 0 Å². The van der Waals surface area contributed by atoms with E-state index in [0.29, 0.717) is 19.8 Å². The van der Waals surface area contributed by atoms with Crippen LogP contribution in [0.2, 0.25) is 0 Å². The van der Waals surface area contributed by atoms with Gasteiger partial charge in [0.25, 0.3) is 0 Å². The van der Waals surface area contributed by atoms with Gasteiger partial charge in [-0.3, -0.25) is 0 Å². The van der Waals surface area contributed by atoms with E-state index < -0.39 is 0 Å². The molecular formula is C17H19NO2. The molecule has 1 heterocycles. The third-order valence-electron chi connectivity index (χ3n) is 3.47. The molecule has 20 heavy (non-hydrogen) atoms. The summed E-state index contributed by atoms with van der Waals surface area (Å²) in [6.45, 7) is 1.97. The van der Waals surface area contributed by atoms with Gasteiger partial charge in [0.1, 0.15) is 6.10 Å². The Morgan fingerprint density at radius 1 is 0.900 bits per heavy atom. The molecule has 2 unspecified atom stereocenters. The molecule has 3 heteroatoms. The van der Waals surface area contributed by atoms with E-state index in [4.69, 9.17) is 9.47 Å². The minimum Gasteiger partial charge on any atom is -0.376 e. The zero-order valence-corrected chi connectivity index (χ0v) is 11.4. The molecule has 2 aromatic carbocycles. The van der Waals surface area contributed by atoms with Crippen LogP contribution in [0.5, 0.6) is 0 Å². The van der Waals surface area contributed by atoms with Crippen molar-refractivity contribution >= 4 is 5.69 Å². The van der Waals surface area contributed by atoms with Crippen molar-refractivity contribution in [3.05, 3.63) is 66.2 Å². The maximum Gasteiger partial charge on any atom is 0.105 e. The molecule has 0 bridgehead atoms. The fraction of sp³-hybridized carbons (Fsp3) is 0.294. The van der Waals surface area contributed by atoms with Crippen molar-refractivity contribution < 1.29 is 9.47 Å². The lowest BCUT2D eigenvalue weighted by molar-refractivity contribution is -0.0950. The third-order valence-corrected chi connectivity index (χ3v) is 3.47. The lowest BCUT2D eigenvalue weighted by atomic mass is 10.0. The molecule has 0 radical (unpaired) electrons. The van der Waals surface area contributed by atoms with E-state index in [9.17, 15) is 0 Å². The van der Waals surface area contributed by atoms with Crippen LogP contribution >= 0.6 is 0 Å². The number of benzene rings is 2. The molecule has 2 aromatic rings. The van der Waals surface area contributed by atoms with Crippen LogP contribution in [0.4, 0.5) is 5.69 Å². The third kappa shape index (κ3) is 3.18. The van der Waals surface area contributed by atoms with Crippen LogP contribution in [-0.4, -0.2) is 25.9 Å². The van der Waals surface area contributed by atoms with Crippen LogP contribution in [0.15, 0.2) is 60.7 Å². The van der Waals surface area contributed by atoms with Gasteiger partial charge in [-0.25, -0.2) is 0 Å². The van der Waals surface area contributed by atoms with Crippen molar-refractivity contribution in [1.29, 1.82) is 0 Å². The summed E-state index contributed by atoms with van der Waals surface area (Å²) >= 11 is 0. The fourth-order valence-electron chi connectivity index (χ4n) is 2.46. The highest BCUT2D eigenvalue weighted by Crippen LogP contribution is 2.26. The summed E-state index contributed by atoms with van der Waals surface area (Å²) in [5.74, 6) is 0. The van der Waals surface area contributed by atoms with Crippen molar-refractivity contribution in [3.63, 3.8) is 0 Å². The van der Waals surface area contributed by atoms with Crippen molar-refractivity contribution in [2.24, 2.45) is 0 Å². The van der Waals surface area contributed by atoms with E-state index in [1.807, 2.05) is 24.3 Å². The van der Waals surface area contributed by atoms with Crippen LogP contribution in [0.25, 0.3) is 0 Å². The van der Waals surface area contributed by atoms with Gasteiger partial charge in [0.2, 0.25) is 0 Å². The lowest BCUT2D eigenvalue weighted by Gasteiger charge is -2.32. The molecule has 1 fully saturated rings. The number of hydrogen-bond acceptors (Lipinski definition) is 3. The van der Waals surface area contributed by atoms with E-state index in [0.717, 1.165) is 5.69 Å². The first-order valence-corrected chi connectivity index (χ1v) is 6.99. The maximum absolute atomic E-state index is 5.88. The maximum atomic E-state index is 5.88. The van der Waals surface area contributed by atoms with Gasteiger partial charge < -0.3 is 14.8 Å². The van der Waals surface area contributed by atoms with Crippen LogP contribution in [0.3, 0.4) is 0 Å². The number of nitrogens with one attached hydrogen (secondary N) is 1. The van der Waals surface area contributed by atoms with Crippen LogP contribution in [0, 0.1) is 0 Å². The average molecular weight is 269 g/mol. The van der Waals surface area contributed by atoms with Crippen LogP contribution < -0.4 is 5.32 Å². The normalized spacial score (nSPS) is 20.3. The van der Waals surface area contributed by atoms with Gasteiger partial charge in [0.05, 0.1) is 25.9 Å². The average Bonchev–Trinajstić information content (AvgIpc) is 2.55. The summed E-state index contributed by atoms with van der Waals surface area (Å²) in [7, 11) is 0. The standard InChI is InChI=1S/C17H19NO2/c1-3-7-14(8-4-1)17(16-13-19-11-12-20-16)18-15-9-5-2-6-10-15/h1-10,16-18H,11-13H2. The predicted molar refractivity (Wildman–Crippen MR) is 79.8 cm³/mol. The molecule has 0 aliphatic carbocycles. The largest absolute Gasteiger partial charge is 0.376 e. The van der Waals surface area contributed by atoms with Crippen molar-refractivity contribution in [2.75, 3.05) is 25.1 Å². The van der Waals surface area contributed by atoms with Crippen molar-refractivity contribution in [3.8, 4) is 0 Å². The van der Waals surface area contributed by atoms with Gasteiger partial charge in [-0.05, 0) is 17.7 Å². The number of anilines is 1.